The molecule has 0 aromatic carbocycles. The number of carbonyl (C=O) groups is 2. The number of nitrogens with one attached hydrogen (secondary N) is 1. The molecule has 2 saturated carbocycles. The average molecular weight is 292 g/mol. The van der Waals surface area contributed by atoms with Crippen LogP contribution in [0.5, 0.6) is 0 Å². The Labute approximate surface area is 127 Å². The molecule has 5 atom stereocenters. The Balaban J connectivity index is 1.87. The second-order valence-electron chi connectivity index (χ2n) is 7.33. The number of amides is 2. The van der Waals surface area contributed by atoms with E-state index in [1.165, 1.54) is 12.8 Å². The van der Waals surface area contributed by atoms with E-state index in [0.717, 1.165) is 19.3 Å². The minimum Gasteiger partial charge on any atom is -0.342 e. The topological polar surface area (TPSA) is 49.4 Å². The van der Waals surface area contributed by atoms with Crippen LogP contribution in [0.15, 0.2) is 0 Å². The first-order valence-corrected chi connectivity index (χ1v) is 8.67. The zero-order valence-electron chi connectivity index (χ0n) is 13.5. The van der Waals surface area contributed by atoms with Crippen molar-refractivity contribution in [3.8, 4) is 0 Å². The van der Waals surface area contributed by atoms with Gasteiger partial charge in [0, 0.05) is 6.04 Å². The lowest BCUT2D eigenvalue weighted by molar-refractivity contribution is -0.155. The molecule has 21 heavy (non-hydrogen) atoms. The second kappa shape index (κ2) is 5.62. The number of piperazine rings is 1. The average Bonchev–Trinajstić information content (AvgIpc) is 3.28. The number of nitrogens with zero attached hydrogens (tertiary/aromatic N) is 1. The molecule has 3 fully saturated rings. The lowest BCUT2D eigenvalue weighted by Gasteiger charge is -2.48. The quantitative estimate of drug-likeness (QED) is 0.868. The third kappa shape index (κ3) is 2.58. The van der Waals surface area contributed by atoms with Crippen LogP contribution >= 0.6 is 0 Å². The van der Waals surface area contributed by atoms with Gasteiger partial charge in [-0.1, -0.05) is 33.6 Å². The zero-order chi connectivity index (χ0) is 15.1. The number of hydrogen-bond acceptors (Lipinski definition) is 2. The standard InChI is InChI=1S/C17H28N2O2/c1-4-13-16(20)18-15(12-8-9-12)17(21)19(13)14-7-5-6-10(2)11(14)3/h10-15H,4-9H2,1-3H3,(H,18,20). The molecule has 1 heterocycles. The molecule has 1 aliphatic heterocycles. The Bertz CT molecular complexity index is 433. The smallest absolute Gasteiger partial charge is 0.246 e. The normalized spacial score (nSPS) is 41.1. The van der Waals surface area contributed by atoms with E-state index in [9.17, 15) is 9.59 Å². The summed E-state index contributed by atoms with van der Waals surface area (Å²) in [5.41, 5.74) is 0. The molecule has 2 aliphatic carbocycles. The molecule has 0 aromatic rings. The maximum atomic E-state index is 13.0. The van der Waals surface area contributed by atoms with Crippen molar-refractivity contribution in [2.75, 3.05) is 0 Å². The molecule has 3 aliphatic rings. The molecular formula is C17H28N2O2. The molecule has 5 unspecified atom stereocenters. The van der Waals surface area contributed by atoms with Gasteiger partial charge in [0.15, 0.2) is 0 Å². The molecule has 0 aromatic heterocycles. The fourth-order valence-electron chi connectivity index (χ4n) is 4.22. The third-order valence-electron chi connectivity index (χ3n) is 5.96. The predicted molar refractivity (Wildman–Crippen MR) is 81.5 cm³/mol. The van der Waals surface area contributed by atoms with Gasteiger partial charge in [-0.25, -0.2) is 0 Å². The largest absolute Gasteiger partial charge is 0.342 e. The van der Waals surface area contributed by atoms with Crippen molar-refractivity contribution in [2.45, 2.75) is 77.4 Å². The van der Waals surface area contributed by atoms with Gasteiger partial charge in [0.05, 0.1) is 0 Å². The Morgan fingerprint density at radius 3 is 2.48 bits per heavy atom. The van der Waals surface area contributed by atoms with Gasteiger partial charge < -0.3 is 10.2 Å². The fraction of sp³-hybridized carbons (Fsp3) is 0.882. The lowest BCUT2D eigenvalue weighted by atomic mass is 9.76. The van der Waals surface area contributed by atoms with Gasteiger partial charge in [0.1, 0.15) is 12.1 Å². The van der Waals surface area contributed by atoms with E-state index in [2.05, 4.69) is 19.2 Å². The van der Waals surface area contributed by atoms with Crippen LogP contribution in [0.4, 0.5) is 0 Å². The van der Waals surface area contributed by atoms with Crippen molar-refractivity contribution in [2.24, 2.45) is 17.8 Å². The third-order valence-corrected chi connectivity index (χ3v) is 5.96. The van der Waals surface area contributed by atoms with Crippen LogP contribution in [0.3, 0.4) is 0 Å². The summed E-state index contributed by atoms with van der Waals surface area (Å²) in [5, 5.41) is 2.99. The highest BCUT2D eigenvalue weighted by Crippen LogP contribution is 2.39. The molecular weight excluding hydrogens is 264 g/mol. The number of rotatable bonds is 3. The van der Waals surface area contributed by atoms with Gasteiger partial charge in [-0.05, 0) is 43.4 Å². The van der Waals surface area contributed by atoms with Crippen molar-refractivity contribution in [3.63, 3.8) is 0 Å². The first-order chi connectivity index (χ1) is 10.0. The maximum Gasteiger partial charge on any atom is 0.246 e. The van der Waals surface area contributed by atoms with E-state index in [0.29, 0.717) is 24.2 Å². The SMILES string of the molecule is CCC1C(=O)NC(C2CC2)C(=O)N1C1CCCC(C)C1C. The predicted octanol–water partition coefficient (Wildman–Crippen LogP) is 2.33. The first-order valence-electron chi connectivity index (χ1n) is 8.67. The highest BCUT2D eigenvalue weighted by molar-refractivity contribution is 5.97. The molecule has 3 rings (SSSR count). The summed E-state index contributed by atoms with van der Waals surface area (Å²) in [5.74, 6) is 1.77. The van der Waals surface area contributed by atoms with E-state index < -0.39 is 0 Å². The van der Waals surface area contributed by atoms with Crippen molar-refractivity contribution in [1.29, 1.82) is 0 Å². The molecule has 1 N–H and O–H groups in total. The van der Waals surface area contributed by atoms with Gasteiger partial charge in [-0.15, -0.1) is 0 Å². The van der Waals surface area contributed by atoms with Crippen LogP contribution in [0, 0.1) is 17.8 Å². The summed E-state index contributed by atoms with van der Waals surface area (Å²) in [7, 11) is 0. The number of hydrogen-bond donors (Lipinski definition) is 1. The zero-order valence-corrected chi connectivity index (χ0v) is 13.5. The molecule has 2 amide bonds. The van der Waals surface area contributed by atoms with Gasteiger partial charge in [0.2, 0.25) is 11.8 Å². The van der Waals surface area contributed by atoms with E-state index in [4.69, 9.17) is 0 Å². The van der Waals surface area contributed by atoms with Crippen LogP contribution in [0.2, 0.25) is 0 Å². The molecule has 0 spiro atoms. The highest BCUT2D eigenvalue weighted by Gasteiger charge is 2.49. The first kappa shape index (κ1) is 14.9. The summed E-state index contributed by atoms with van der Waals surface area (Å²) >= 11 is 0. The van der Waals surface area contributed by atoms with Crippen LogP contribution < -0.4 is 5.32 Å². The minimum absolute atomic E-state index is 0.0689. The summed E-state index contributed by atoms with van der Waals surface area (Å²) < 4.78 is 0. The second-order valence-corrected chi connectivity index (χ2v) is 7.33. The van der Waals surface area contributed by atoms with Crippen molar-refractivity contribution in [3.05, 3.63) is 0 Å². The molecule has 4 nitrogen and oxygen atoms in total. The van der Waals surface area contributed by atoms with E-state index in [1.807, 2.05) is 11.8 Å². The van der Waals surface area contributed by atoms with Gasteiger partial charge in [-0.2, -0.15) is 0 Å². The van der Waals surface area contributed by atoms with Crippen LogP contribution in [0.1, 0.15) is 59.3 Å². The lowest BCUT2D eigenvalue weighted by Crippen LogP contribution is -2.67. The monoisotopic (exact) mass is 292 g/mol. The fourth-order valence-corrected chi connectivity index (χ4v) is 4.22. The molecule has 118 valence electrons. The maximum absolute atomic E-state index is 13.0. The van der Waals surface area contributed by atoms with E-state index >= 15 is 0 Å². The summed E-state index contributed by atoms with van der Waals surface area (Å²) in [6, 6.07) is -0.256. The summed E-state index contributed by atoms with van der Waals surface area (Å²) in [6.07, 6.45) is 6.35. The van der Waals surface area contributed by atoms with Crippen molar-refractivity contribution >= 4 is 11.8 Å². The Hall–Kier alpha value is -1.06. The Morgan fingerprint density at radius 2 is 1.86 bits per heavy atom. The van der Waals surface area contributed by atoms with Crippen LogP contribution in [-0.4, -0.2) is 34.8 Å². The van der Waals surface area contributed by atoms with Crippen molar-refractivity contribution in [1.82, 2.24) is 10.2 Å². The van der Waals surface area contributed by atoms with E-state index in [-0.39, 0.29) is 29.9 Å². The van der Waals surface area contributed by atoms with Gasteiger partial charge in [0.25, 0.3) is 0 Å². The van der Waals surface area contributed by atoms with Gasteiger partial charge >= 0.3 is 0 Å². The summed E-state index contributed by atoms with van der Waals surface area (Å²) in [4.78, 5) is 27.4. The van der Waals surface area contributed by atoms with E-state index in [1.54, 1.807) is 0 Å². The van der Waals surface area contributed by atoms with Crippen LogP contribution in [0.25, 0.3) is 0 Å². The van der Waals surface area contributed by atoms with Crippen molar-refractivity contribution < 1.29 is 9.59 Å². The van der Waals surface area contributed by atoms with Gasteiger partial charge in [-0.3, -0.25) is 9.59 Å². The molecule has 0 radical (unpaired) electrons. The molecule has 4 heteroatoms. The van der Waals surface area contributed by atoms with Crippen LogP contribution in [-0.2, 0) is 9.59 Å². The summed E-state index contributed by atoms with van der Waals surface area (Å²) in [6.45, 7) is 6.55. The molecule has 0 bridgehead atoms. The number of carbonyl (C=O) groups excluding carboxylic acids is 2. The Morgan fingerprint density at radius 1 is 1.14 bits per heavy atom. The minimum atomic E-state index is -0.259. The Kier molecular flexibility index (Phi) is 3.98. The highest BCUT2D eigenvalue weighted by atomic mass is 16.2. The molecule has 1 saturated heterocycles.